The second-order valence-electron chi connectivity index (χ2n) is 5.82. The van der Waals surface area contributed by atoms with Crippen molar-refractivity contribution in [3.8, 4) is 0 Å². The summed E-state index contributed by atoms with van der Waals surface area (Å²) in [5.41, 5.74) is 3.73. The van der Waals surface area contributed by atoms with Gasteiger partial charge in [0.1, 0.15) is 5.82 Å². The molecule has 0 radical (unpaired) electrons. The zero-order valence-electron chi connectivity index (χ0n) is 12.4. The molecule has 1 aliphatic rings. The monoisotopic (exact) mass is 355 g/mol. The Bertz CT molecular complexity index is 795. The molecule has 112 valence electrons. The van der Waals surface area contributed by atoms with Gasteiger partial charge in [-0.1, -0.05) is 46.3 Å². The Labute approximate surface area is 138 Å². The first kappa shape index (κ1) is 14.0. The van der Waals surface area contributed by atoms with E-state index in [0.29, 0.717) is 0 Å². The van der Waals surface area contributed by atoms with E-state index >= 15 is 0 Å². The number of nitrogens with zero attached hydrogens (tertiary/aromatic N) is 3. The van der Waals surface area contributed by atoms with Crippen LogP contribution in [0.5, 0.6) is 0 Å². The van der Waals surface area contributed by atoms with Crippen LogP contribution in [0.1, 0.15) is 11.4 Å². The molecule has 3 nitrogen and oxygen atoms in total. The second-order valence-corrected chi connectivity index (χ2v) is 6.74. The average Bonchev–Trinajstić information content (AvgIpc) is 2.76. The standard InChI is InChI=1S/C18H18BrN3/c19-15-6-7-17-16(12-15)20-18-8-9-21(10-11-22(17)18)13-14-4-2-1-3-5-14/h1-7,12H,8-11,13H2. The Morgan fingerprint density at radius 1 is 1.00 bits per heavy atom. The number of rotatable bonds is 2. The summed E-state index contributed by atoms with van der Waals surface area (Å²) in [5, 5.41) is 0. The van der Waals surface area contributed by atoms with E-state index in [1.165, 1.54) is 16.9 Å². The van der Waals surface area contributed by atoms with Gasteiger partial charge in [-0.15, -0.1) is 0 Å². The minimum atomic E-state index is 1.01. The van der Waals surface area contributed by atoms with Crippen LogP contribution < -0.4 is 0 Å². The van der Waals surface area contributed by atoms with Crippen molar-refractivity contribution in [2.24, 2.45) is 0 Å². The third-order valence-corrected chi connectivity index (χ3v) is 4.82. The van der Waals surface area contributed by atoms with E-state index in [1.807, 2.05) is 0 Å². The van der Waals surface area contributed by atoms with E-state index in [9.17, 15) is 0 Å². The summed E-state index contributed by atoms with van der Waals surface area (Å²) < 4.78 is 3.48. The van der Waals surface area contributed by atoms with Crippen LogP contribution in [0.2, 0.25) is 0 Å². The van der Waals surface area contributed by atoms with Gasteiger partial charge >= 0.3 is 0 Å². The fourth-order valence-electron chi connectivity index (χ4n) is 3.20. The summed E-state index contributed by atoms with van der Waals surface area (Å²) in [7, 11) is 0. The van der Waals surface area contributed by atoms with Crippen molar-refractivity contribution in [1.29, 1.82) is 0 Å². The molecule has 0 fully saturated rings. The van der Waals surface area contributed by atoms with Crippen molar-refractivity contribution in [2.75, 3.05) is 13.1 Å². The van der Waals surface area contributed by atoms with Crippen LogP contribution in [-0.2, 0) is 19.5 Å². The summed E-state index contributed by atoms with van der Waals surface area (Å²) in [5.74, 6) is 1.21. The van der Waals surface area contributed by atoms with Gasteiger partial charge in [0.05, 0.1) is 11.0 Å². The highest BCUT2D eigenvalue weighted by molar-refractivity contribution is 9.10. The van der Waals surface area contributed by atoms with E-state index in [0.717, 1.165) is 42.6 Å². The quantitative estimate of drug-likeness (QED) is 0.695. The summed E-state index contributed by atoms with van der Waals surface area (Å²) in [6.07, 6.45) is 1.01. The largest absolute Gasteiger partial charge is 0.327 e. The highest BCUT2D eigenvalue weighted by atomic mass is 79.9. The van der Waals surface area contributed by atoms with Crippen molar-refractivity contribution in [3.05, 3.63) is 64.4 Å². The van der Waals surface area contributed by atoms with E-state index in [1.54, 1.807) is 0 Å². The van der Waals surface area contributed by atoms with Gasteiger partial charge in [0.2, 0.25) is 0 Å². The van der Waals surface area contributed by atoms with Gasteiger partial charge in [0, 0.05) is 37.1 Å². The fourth-order valence-corrected chi connectivity index (χ4v) is 3.55. The lowest BCUT2D eigenvalue weighted by atomic mass is 10.2. The van der Waals surface area contributed by atoms with Crippen molar-refractivity contribution < 1.29 is 0 Å². The van der Waals surface area contributed by atoms with Crippen LogP contribution in [-0.4, -0.2) is 27.5 Å². The molecule has 22 heavy (non-hydrogen) atoms. The van der Waals surface area contributed by atoms with Crippen molar-refractivity contribution in [3.63, 3.8) is 0 Å². The minimum absolute atomic E-state index is 1.01. The predicted octanol–water partition coefficient (Wildman–Crippen LogP) is 3.86. The molecule has 0 unspecified atom stereocenters. The molecule has 0 aliphatic carbocycles. The third kappa shape index (κ3) is 2.69. The topological polar surface area (TPSA) is 21.1 Å². The fraction of sp³-hybridized carbons (Fsp3) is 0.278. The summed E-state index contributed by atoms with van der Waals surface area (Å²) in [6, 6.07) is 17.1. The Hall–Kier alpha value is -1.65. The Balaban J connectivity index is 1.56. The van der Waals surface area contributed by atoms with Gasteiger partial charge in [-0.25, -0.2) is 4.98 Å². The van der Waals surface area contributed by atoms with Gasteiger partial charge in [-0.3, -0.25) is 4.90 Å². The smallest absolute Gasteiger partial charge is 0.111 e. The van der Waals surface area contributed by atoms with Crippen LogP contribution in [0.3, 0.4) is 0 Å². The number of benzene rings is 2. The van der Waals surface area contributed by atoms with E-state index in [-0.39, 0.29) is 0 Å². The molecule has 1 aromatic heterocycles. The number of halogens is 1. The van der Waals surface area contributed by atoms with Crippen LogP contribution in [0.25, 0.3) is 11.0 Å². The SMILES string of the molecule is Brc1ccc2c(c1)nc1n2CCN(Cc2ccccc2)CC1. The third-order valence-electron chi connectivity index (χ3n) is 4.33. The Morgan fingerprint density at radius 2 is 1.86 bits per heavy atom. The number of hydrogen-bond acceptors (Lipinski definition) is 2. The molecule has 2 aromatic carbocycles. The lowest BCUT2D eigenvalue weighted by Crippen LogP contribution is -2.26. The molecule has 4 heteroatoms. The molecule has 4 rings (SSSR count). The van der Waals surface area contributed by atoms with Gasteiger partial charge in [0.15, 0.2) is 0 Å². The summed E-state index contributed by atoms with van der Waals surface area (Å²) >= 11 is 3.53. The molecule has 0 amide bonds. The highest BCUT2D eigenvalue weighted by Gasteiger charge is 2.17. The van der Waals surface area contributed by atoms with Crippen LogP contribution in [0, 0.1) is 0 Å². The first-order valence-corrected chi connectivity index (χ1v) is 8.50. The van der Waals surface area contributed by atoms with Gasteiger partial charge in [-0.2, -0.15) is 0 Å². The molecule has 2 heterocycles. The van der Waals surface area contributed by atoms with Crippen molar-refractivity contribution in [1.82, 2.24) is 14.5 Å². The highest BCUT2D eigenvalue weighted by Crippen LogP contribution is 2.23. The summed E-state index contributed by atoms with van der Waals surface area (Å²) in [4.78, 5) is 7.34. The number of aromatic nitrogens is 2. The molecule has 0 saturated carbocycles. The van der Waals surface area contributed by atoms with Crippen molar-refractivity contribution in [2.45, 2.75) is 19.5 Å². The average molecular weight is 356 g/mol. The van der Waals surface area contributed by atoms with Crippen LogP contribution in [0.4, 0.5) is 0 Å². The van der Waals surface area contributed by atoms with Gasteiger partial charge in [-0.05, 0) is 23.8 Å². The normalized spacial score (nSPS) is 15.7. The van der Waals surface area contributed by atoms with Gasteiger partial charge < -0.3 is 4.57 Å². The first-order chi connectivity index (χ1) is 10.8. The molecule has 3 aromatic rings. The van der Waals surface area contributed by atoms with Crippen LogP contribution >= 0.6 is 15.9 Å². The maximum absolute atomic E-state index is 4.82. The van der Waals surface area contributed by atoms with E-state index in [4.69, 9.17) is 4.98 Å². The van der Waals surface area contributed by atoms with Crippen molar-refractivity contribution >= 4 is 27.0 Å². The minimum Gasteiger partial charge on any atom is -0.327 e. The number of imidazole rings is 1. The maximum atomic E-state index is 4.82. The zero-order valence-corrected chi connectivity index (χ0v) is 14.0. The summed E-state index contributed by atoms with van der Waals surface area (Å²) in [6.45, 7) is 4.18. The Morgan fingerprint density at radius 3 is 2.73 bits per heavy atom. The molecule has 0 spiro atoms. The molecule has 0 N–H and O–H groups in total. The number of fused-ring (bicyclic) bond motifs is 3. The predicted molar refractivity (Wildman–Crippen MR) is 92.9 cm³/mol. The maximum Gasteiger partial charge on any atom is 0.111 e. The molecular weight excluding hydrogens is 338 g/mol. The van der Waals surface area contributed by atoms with Crippen LogP contribution in [0.15, 0.2) is 53.0 Å². The lowest BCUT2D eigenvalue weighted by Gasteiger charge is -2.19. The first-order valence-electron chi connectivity index (χ1n) is 7.70. The Kier molecular flexibility index (Phi) is 3.72. The molecule has 0 bridgehead atoms. The molecule has 0 atom stereocenters. The van der Waals surface area contributed by atoms with E-state index < -0.39 is 0 Å². The molecule has 0 saturated heterocycles. The lowest BCUT2D eigenvalue weighted by molar-refractivity contribution is 0.272. The molecular formula is C18H18BrN3. The van der Waals surface area contributed by atoms with Gasteiger partial charge in [0.25, 0.3) is 0 Å². The second kappa shape index (κ2) is 5.86. The zero-order chi connectivity index (χ0) is 14.9. The number of hydrogen-bond donors (Lipinski definition) is 0. The van der Waals surface area contributed by atoms with E-state index in [2.05, 4.69) is 73.9 Å². The molecule has 1 aliphatic heterocycles.